The fraction of sp³-hybridized carbons (Fsp3) is 0.371. The van der Waals surface area contributed by atoms with Gasteiger partial charge in [0, 0.05) is 73.2 Å². The number of carboxylic acid groups (broad SMARTS) is 3. The largest absolute Gasteiger partial charge is 0.550 e. The van der Waals surface area contributed by atoms with Gasteiger partial charge in [-0.25, -0.2) is 0 Å². The van der Waals surface area contributed by atoms with Gasteiger partial charge in [0.25, 0.3) is 0 Å². The number of aliphatic carboxylic acids is 3. The van der Waals surface area contributed by atoms with Crippen molar-refractivity contribution in [1.82, 2.24) is 0 Å². The minimum absolute atomic E-state index is 0.0146. The molecule has 12 fully saturated rings. The third kappa shape index (κ3) is 20.0. The first-order chi connectivity index (χ1) is 56.8. The molecule has 0 aliphatic heterocycles. The topological polar surface area (TPSA) is 181 Å². The second kappa shape index (κ2) is 36.5. The second-order valence-electron chi connectivity index (χ2n) is 37.8. The van der Waals surface area contributed by atoms with Crippen LogP contribution >= 0.6 is 22.6 Å². The van der Waals surface area contributed by atoms with E-state index in [-0.39, 0.29) is 84.4 Å². The van der Waals surface area contributed by atoms with Gasteiger partial charge < -0.3 is 34.4 Å². The van der Waals surface area contributed by atoms with E-state index < -0.39 is 34.2 Å². The summed E-state index contributed by atoms with van der Waals surface area (Å²) in [5, 5.41) is 33.4. The summed E-state index contributed by atoms with van der Waals surface area (Å²) >= 11 is 2.30. The van der Waals surface area contributed by atoms with Crippen molar-refractivity contribution in [2.45, 2.75) is 219 Å². The maximum absolute atomic E-state index is 11.7. The molecule has 10 aromatic carbocycles. The van der Waals surface area contributed by atoms with Crippen molar-refractivity contribution in [3.8, 4) is 11.5 Å². The van der Waals surface area contributed by atoms with Gasteiger partial charge in [-0.1, -0.05) is 190 Å². The van der Waals surface area contributed by atoms with Crippen molar-refractivity contribution in [3.63, 3.8) is 0 Å². The van der Waals surface area contributed by atoms with Gasteiger partial charge in [-0.05, 0) is 315 Å². The molecule has 12 bridgehead atoms. The van der Waals surface area contributed by atoms with Crippen LogP contribution in [0.4, 0.5) is 0 Å². The lowest BCUT2D eigenvalue weighted by molar-refractivity contribution is -0.326. The fourth-order valence-electron chi connectivity index (χ4n) is 20.6. The molecular weight excluding hydrogens is 1640 g/mol. The van der Waals surface area contributed by atoms with Crippen LogP contribution in [-0.2, 0) is 77.7 Å². The average Bonchev–Trinajstić information content (AvgIpc) is 0.739. The normalized spacial score (nSPS) is 25.1. The molecular formula is C105H111IO10S3. The lowest BCUT2D eigenvalue weighted by Crippen LogP contribution is -2.57. The van der Waals surface area contributed by atoms with Crippen molar-refractivity contribution in [2.75, 3.05) is 0 Å². The monoisotopic (exact) mass is 1750 g/mol. The summed E-state index contributed by atoms with van der Waals surface area (Å²) in [6, 6.07) is 97.9. The molecule has 0 N–H and O–H groups in total. The number of carbonyl (C=O) groups is 6. The van der Waals surface area contributed by atoms with Gasteiger partial charge in [-0.3, -0.25) is 14.4 Å². The molecule has 119 heavy (non-hydrogen) atoms. The van der Waals surface area contributed by atoms with E-state index in [4.69, 9.17) is 4.74 Å². The Morgan fingerprint density at radius 3 is 0.664 bits per heavy atom. The zero-order chi connectivity index (χ0) is 84.2. The first-order valence-corrected chi connectivity index (χ1v) is 47.2. The maximum Gasteiger partial charge on any atom is 0.166 e. The Balaban J connectivity index is 0.000000120. The number of carbonyl (C=O) groups excluding carboxylic acids is 6. The van der Waals surface area contributed by atoms with Crippen LogP contribution in [-0.4, -0.2) is 35.3 Å². The number of carboxylic acids is 3. The zero-order valence-corrected chi connectivity index (χ0v) is 74.6. The Bertz CT molecular complexity index is 4690. The number of hydrogen-bond donors (Lipinski definition) is 0. The van der Waals surface area contributed by atoms with Gasteiger partial charge in [-0.2, -0.15) is 0 Å². The summed E-state index contributed by atoms with van der Waals surface area (Å²) in [6.07, 6.45) is 11.2. The number of rotatable bonds is 14. The molecule has 616 valence electrons. The highest BCUT2D eigenvalue weighted by atomic mass is 127. The number of ketones is 3. The molecule has 12 saturated carbocycles. The molecule has 0 saturated heterocycles. The lowest BCUT2D eigenvalue weighted by atomic mass is 9.49. The smallest absolute Gasteiger partial charge is 0.166 e. The molecule has 6 atom stereocenters. The predicted octanol–water partition coefficient (Wildman–Crippen LogP) is 21.0. The van der Waals surface area contributed by atoms with E-state index in [1.54, 1.807) is 0 Å². The van der Waals surface area contributed by atoms with Crippen molar-refractivity contribution in [1.29, 1.82) is 0 Å². The van der Waals surface area contributed by atoms with Gasteiger partial charge >= 0.3 is 0 Å². The van der Waals surface area contributed by atoms with Crippen LogP contribution in [0.3, 0.4) is 0 Å². The van der Waals surface area contributed by atoms with Crippen LogP contribution in [0.15, 0.2) is 317 Å². The molecule has 0 radical (unpaired) electrons. The van der Waals surface area contributed by atoms with Crippen LogP contribution in [0.5, 0.6) is 11.5 Å². The number of halogens is 1. The molecule has 10 nitrogen and oxygen atoms in total. The summed E-state index contributed by atoms with van der Waals surface area (Å²) in [4.78, 5) is 80.7. The summed E-state index contributed by atoms with van der Waals surface area (Å²) in [5.74, 6) is 1.63. The maximum atomic E-state index is 11.7. The third-order valence-corrected chi connectivity index (χ3v) is 33.6. The van der Waals surface area contributed by atoms with E-state index in [9.17, 15) is 44.1 Å². The number of Topliss-reactive ketones (excluding diaryl/α,β-unsaturated/α-hetero) is 3. The Kier molecular flexibility index (Phi) is 26.5. The van der Waals surface area contributed by atoms with Crippen molar-refractivity contribution < 1.29 is 48.8 Å². The van der Waals surface area contributed by atoms with Crippen LogP contribution in [0.25, 0.3) is 0 Å². The predicted molar refractivity (Wildman–Crippen MR) is 478 cm³/mol. The van der Waals surface area contributed by atoms with Gasteiger partial charge in [-0.15, -0.1) is 0 Å². The van der Waals surface area contributed by atoms with Crippen molar-refractivity contribution >= 4 is 90.5 Å². The van der Waals surface area contributed by atoms with Gasteiger partial charge in [0.1, 0.15) is 28.8 Å². The number of benzene rings is 10. The quantitative estimate of drug-likeness (QED) is 0.0751. The van der Waals surface area contributed by atoms with E-state index in [0.29, 0.717) is 73.6 Å². The summed E-state index contributed by atoms with van der Waals surface area (Å²) in [7, 11) is -0.263. The van der Waals surface area contributed by atoms with E-state index in [1.807, 2.05) is 24.3 Å². The van der Waals surface area contributed by atoms with E-state index >= 15 is 0 Å². The Morgan fingerprint density at radius 1 is 0.286 bits per heavy atom. The number of hydrogen-bond acceptors (Lipinski definition) is 10. The Labute approximate surface area is 726 Å². The molecule has 0 heterocycles. The van der Waals surface area contributed by atoms with E-state index in [0.717, 1.165) is 69.3 Å². The molecule has 0 aromatic heterocycles. The highest BCUT2D eigenvalue weighted by Crippen LogP contribution is 2.61. The van der Waals surface area contributed by atoms with Crippen LogP contribution in [0, 0.1) is 73.1 Å². The molecule has 12 aliphatic carbocycles. The molecule has 12 aliphatic rings. The molecule has 6 unspecified atom stereocenters. The summed E-state index contributed by atoms with van der Waals surface area (Å²) in [6.45, 7) is 20.5. The van der Waals surface area contributed by atoms with Crippen molar-refractivity contribution in [3.05, 3.63) is 293 Å². The highest BCUT2D eigenvalue weighted by molar-refractivity contribution is 14.1. The summed E-state index contributed by atoms with van der Waals surface area (Å²) < 4.78 is 7.18. The van der Waals surface area contributed by atoms with Gasteiger partial charge in [0.2, 0.25) is 0 Å². The van der Waals surface area contributed by atoms with Gasteiger partial charge in [0.15, 0.2) is 44.1 Å². The van der Waals surface area contributed by atoms with E-state index in [2.05, 4.69) is 334 Å². The SMILES string of the molecule is CC(C)(C)c1ccc([S+](c2ccc(C(C)(C)C)cc2)c2ccc(C(C)(C)C)cc2)cc1.Ic1ccc(Oc2ccc([S+](c3ccccc3)c3ccccc3)cc2)cc1.O=C1C2CC3CC1CC(C(=O)[O-])(C3)C2.O=C1C2CC3CC1CC(C(=O)[O-])(C3)C2.O=C1C2CC3CC1CC(C(=O)[O-])(C3)C2.c1ccc([S+](c2ccccc2)c2ccccc2)cc1. The fourth-order valence-corrected chi connectivity index (χ4v) is 27.1. The molecule has 0 spiro atoms. The standard InChI is InChI=1S/C30H39S.C24H18IOS.C18H15S.3C11H14O3/c1-28(2,3)22-10-16-25(17-11-22)31(26-18-12-23(13-19-26)29(4,5)6)27-20-14-24(15-21-27)30(7,8)9;25-19-11-13-20(14-12-19)26-21-15-17-24(18-16-21)27(22-7-3-1-4-8-22)23-9-5-2-6-10-23;1-4-10-16(11-5-1)19(17-12-6-2-7-13-17)18-14-8-3-9-15-18;3*12-9-7-1-6-2-8(9)5-11(3-6,4-7)10(13)14/h10-21H,1-9H3;1-18H;1-15H;3*6-8H,1-5H2,(H,13,14)/q3*+1;;;/p-3. The minimum atomic E-state index is -0.913. The van der Waals surface area contributed by atoms with E-state index in [1.165, 1.54) is 64.3 Å². The zero-order valence-electron chi connectivity index (χ0n) is 70.0. The molecule has 10 aromatic rings. The molecule has 22 rings (SSSR count). The summed E-state index contributed by atoms with van der Waals surface area (Å²) in [5.41, 5.74) is 2.74. The molecule has 0 amide bonds. The lowest BCUT2D eigenvalue weighted by Gasteiger charge is -2.56. The first-order valence-electron chi connectivity index (χ1n) is 42.4. The minimum Gasteiger partial charge on any atom is -0.550 e. The highest BCUT2D eigenvalue weighted by Gasteiger charge is 2.58. The first kappa shape index (κ1) is 86.6. The van der Waals surface area contributed by atoms with Crippen LogP contribution in [0.2, 0.25) is 0 Å². The van der Waals surface area contributed by atoms with Crippen molar-refractivity contribution in [2.24, 2.45) is 69.5 Å². The van der Waals surface area contributed by atoms with Crippen LogP contribution < -0.4 is 20.1 Å². The third-order valence-electron chi connectivity index (χ3n) is 26.2. The van der Waals surface area contributed by atoms with Gasteiger partial charge in [0.05, 0.1) is 32.7 Å². The Morgan fingerprint density at radius 2 is 0.471 bits per heavy atom. The second-order valence-corrected chi connectivity index (χ2v) is 45.1. The number of ether oxygens (including phenoxy) is 1. The Hall–Kier alpha value is -8.80. The molecule has 14 heteroatoms. The average molecular weight is 1760 g/mol. The van der Waals surface area contributed by atoms with Crippen LogP contribution in [0.1, 0.15) is 175 Å².